The molecule has 2 aliphatic rings. The van der Waals surface area contributed by atoms with Crippen molar-refractivity contribution in [3.63, 3.8) is 0 Å². The molecule has 0 fully saturated rings. The van der Waals surface area contributed by atoms with Gasteiger partial charge in [-0.1, -0.05) is 86.3 Å². The number of carbonyl (C=O) groups is 1. The van der Waals surface area contributed by atoms with Crippen LogP contribution >= 0.6 is 11.8 Å². The molecule has 5 nitrogen and oxygen atoms in total. The number of thioether (sulfide) groups is 1. The second-order valence-corrected chi connectivity index (χ2v) is 9.65. The van der Waals surface area contributed by atoms with E-state index in [9.17, 15) is 4.79 Å². The predicted molar refractivity (Wildman–Crippen MR) is 119 cm³/mol. The van der Waals surface area contributed by atoms with Crippen LogP contribution in [-0.2, 0) is 10.5 Å². The number of hydrogen-bond donors (Lipinski definition) is 1. The molecule has 0 radical (unpaired) electrons. The highest BCUT2D eigenvalue weighted by molar-refractivity contribution is 7.98. The highest BCUT2D eigenvalue weighted by Gasteiger charge is 2.41. The summed E-state index contributed by atoms with van der Waals surface area (Å²) in [5.74, 6) is 1.71. The maximum Gasteiger partial charge on any atom is 0.227 e. The number of benzene rings is 2. The summed E-state index contributed by atoms with van der Waals surface area (Å²) in [7, 11) is 0. The first-order valence-corrected chi connectivity index (χ1v) is 11.2. The van der Waals surface area contributed by atoms with E-state index in [2.05, 4.69) is 43.4 Å². The van der Waals surface area contributed by atoms with Gasteiger partial charge in [0.15, 0.2) is 5.78 Å². The molecule has 0 saturated heterocycles. The molecule has 6 heteroatoms. The van der Waals surface area contributed by atoms with Crippen molar-refractivity contribution in [3.8, 4) is 0 Å². The fourth-order valence-corrected chi connectivity index (χ4v) is 5.10. The van der Waals surface area contributed by atoms with Gasteiger partial charge in [-0.15, -0.1) is 5.10 Å². The van der Waals surface area contributed by atoms with Gasteiger partial charge in [0, 0.05) is 23.4 Å². The summed E-state index contributed by atoms with van der Waals surface area (Å²) >= 11 is 1.61. The molecule has 1 aliphatic heterocycles. The Balaban J connectivity index is 1.53. The Kier molecular flexibility index (Phi) is 4.74. The average Bonchev–Trinajstić information content (AvgIpc) is 3.13. The van der Waals surface area contributed by atoms with Crippen LogP contribution < -0.4 is 5.32 Å². The first-order chi connectivity index (χ1) is 14.5. The predicted octanol–water partition coefficient (Wildman–Crippen LogP) is 5.23. The molecule has 0 spiro atoms. The van der Waals surface area contributed by atoms with Gasteiger partial charge in [-0.05, 0) is 23.0 Å². The number of allylic oxidation sites excluding steroid dienone is 2. The molecule has 152 valence electrons. The lowest BCUT2D eigenvalue weighted by Gasteiger charge is -2.38. The standard InChI is InChI=1S/C24H24N4OS/c1-24(2)13-18-20(19(29)14-24)21(17-11-7-4-8-12-17)28-22(25-18)26-23(27-28)30-15-16-9-5-3-6-10-16/h3-12,21H,13-15H2,1-2H3,(H,25,26,27)/t21-/m1/s1. The number of fused-ring (bicyclic) bond motifs is 1. The van der Waals surface area contributed by atoms with Crippen LogP contribution in [0.25, 0.3) is 0 Å². The fourth-order valence-electron chi connectivity index (χ4n) is 4.32. The number of carbonyl (C=O) groups excluding carboxylic acids is 1. The molecule has 2 heterocycles. The van der Waals surface area contributed by atoms with Crippen molar-refractivity contribution in [2.75, 3.05) is 5.32 Å². The molecule has 1 N–H and O–H groups in total. The number of nitrogens with zero attached hydrogens (tertiary/aromatic N) is 3. The second-order valence-electron chi connectivity index (χ2n) is 8.71. The Hall–Kier alpha value is -2.86. The van der Waals surface area contributed by atoms with E-state index in [1.807, 2.05) is 41.1 Å². The Labute approximate surface area is 180 Å². The third kappa shape index (κ3) is 3.56. The van der Waals surface area contributed by atoms with Crippen LogP contribution in [0.1, 0.15) is 43.9 Å². The Morgan fingerprint density at radius 3 is 2.50 bits per heavy atom. The molecule has 1 atom stereocenters. The molecule has 0 amide bonds. The lowest BCUT2D eigenvalue weighted by atomic mass is 9.73. The van der Waals surface area contributed by atoms with Crippen LogP contribution in [0.5, 0.6) is 0 Å². The molecule has 1 aliphatic carbocycles. The van der Waals surface area contributed by atoms with Gasteiger partial charge in [-0.25, -0.2) is 4.68 Å². The summed E-state index contributed by atoms with van der Waals surface area (Å²) in [6.07, 6.45) is 1.38. The SMILES string of the molecule is CC1(C)CC(=O)C2=C(C1)Nc1nc(SCc3ccccc3)nn1[C@@H]2c1ccccc1. The molecule has 5 rings (SSSR count). The molecule has 0 bridgehead atoms. The van der Waals surface area contributed by atoms with Crippen molar-refractivity contribution < 1.29 is 4.79 Å². The van der Waals surface area contributed by atoms with Crippen molar-refractivity contribution in [3.05, 3.63) is 83.1 Å². The van der Waals surface area contributed by atoms with Crippen molar-refractivity contribution in [1.29, 1.82) is 0 Å². The average molecular weight is 417 g/mol. The topological polar surface area (TPSA) is 59.8 Å². The molecular formula is C24H24N4OS. The van der Waals surface area contributed by atoms with Crippen LogP contribution in [0.2, 0.25) is 0 Å². The normalized spacial score (nSPS) is 19.8. The largest absolute Gasteiger partial charge is 0.328 e. The van der Waals surface area contributed by atoms with E-state index in [1.54, 1.807) is 11.8 Å². The molecular weight excluding hydrogens is 392 g/mol. The summed E-state index contributed by atoms with van der Waals surface area (Å²) < 4.78 is 1.89. The van der Waals surface area contributed by atoms with Crippen molar-refractivity contribution in [2.24, 2.45) is 5.41 Å². The zero-order valence-electron chi connectivity index (χ0n) is 17.1. The Morgan fingerprint density at radius 1 is 1.07 bits per heavy atom. The van der Waals surface area contributed by atoms with Gasteiger partial charge in [-0.2, -0.15) is 4.98 Å². The first-order valence-electron chi connectivity index (χ1n) is 10.2. The summed E-state index contributed by atoms with van der Waals surface area (Å²) in [5.41, 5.74) is 4.06. The Morgan fingerprint density at radius 2 is 1.77 bits per heavy atom. The quantitative estimate of drug-likeness (QED) is 0.590. The number of aromatic nitrogens is 3. The minimum Gasteiger partial charge on any atom is -0.328 e. The van der Waals surface area contributed by atoms with Crippen molar-refractivity contribution >= 4 is 23.5 Å². The fraction of sp³-hybridized carbons (Fsp3) is 0.292. The third-order valence-corrected chi connectivity index (χ3v) is 6.55. The summed E-state index contributed by atoms with van der Waals surface area (Å²) in [6, 6.07) is 20.2. The van der Waals surface area contributed by atoms with E-state index in [1.165, 1.54) is 5.56 Å². The van der Waals surface area contributed by atoms with Crippen LogP contribution in [-0.4, -0.2) is 20.5 Å². The van der Waals surface area contributed by atoms with Gasteiger partial charge < -0.3 is 5.32 Å². The van der Waals surface area contributed by atoms with Crippen LogP contribution in [0.3, 0.4) is 0 Å². The number of nitrogens with one attached hydrogen (secondary N) is 1. The van der Waals surface area contributed by atoms with Gasteiger partial charge in [0.1, 0.15) is 6.04 Å². The second kappa shape index (κ2) is 7.43. The zero-order valence-corrected chi connectivity index (χ0v) is 17.9. The molecule has 1 aromatic heterocycles. The number of hydrogen-bond acceptors (Lipinski definition) is 5. The zero-order chi connectivity index (χ0) is 20.7. The highest BCUT2D eigenvalue weighted by atomic mass is 32.2. The van der Waals surface area contributed by atoms with Crippen LogP contribution in [0.15, 0.2) is 77.1 Å². The van der Waals surface area contributed by atoms with E-state index in [0.717, 1.165) is 29.0 Å². The molecule has 2 aromatic carbocycles. The van der Waals surface area contributed by atoms with Gasteiger partial charge in [-0.3, -0.25) is 4.79 Å². The third-order valence-electron chi connectivity index (χ3n) is 5.64. The highest BCUT2D eigenvalue weighted by Crippen LogP contribution is 2.45. The molecule has 0 saturated carbocycles. The summed E-state index contributed by atoms with van der Waals surface area (Å²) in [4.78, 5) is 18.0. The Bertz CT molecular complexity index is 1120. The van der Waals surface area contributed by atoms with Gasteiger partial charge in [0.05, 0.1) is 0 Å². The molecule has 30 heavy (non-hydrogen) atoms. The first kappa shape index (κ1) is 19.1. The lowest BCUT2D eigenvalue weighted by Crippen LogP contribution is -2.36. The van der Waals surface area contributed by atoms with E-state index in [4.69, 9.17) is 10.1 Å². The monoisotopic (exact) mass is 416 g/mol. The minimum atomic E-state index is -0.236. The van der Waals surface area contributed by atoms with E-state index in [-0.39, 0.29) is 17.2 Å². The number of ketones is 1. The minimum absolute atomic E-state index is 0.0583. The number of Topliss-reactive ketones (excluding diaryl/α,β-unsaturated/α-hetero) is 1. The maximum atomic E-state index is 13.2. The van der Waals surface area contributed by atoms with E-state index < -0.39 is 0 Å². The lowest BCUT2D eigenvalue weighted by molar-refractivity contribution is -0.118. The summed E-state index contributed by atoms with van der Waals surface area (Å²) in [6.45, 7) is 4.29. The maximum absolute atomic E-state index is 13.2. The molecule has 3 aromatic rings. The van der Waals surface area contributed by atoms with Gasteiger partial charge >= 0.3 is 0 Å². The summed E-state index contributed by atoms with van der Waals surface area (Å²) in [5, 5.41) is 8.96. The number of anilines is 1. The van der Waals surface area contributed by atoms with E-state index in [0.29, 0.717) is 17.5 Å². The van der Waals surface area contributed by atoms with Gasteiger partial charge in [0.2, 0.25) is 11.1 Å². The van der Waals surface area contributed by atoms with Crippen LogP contribution in [0.4, 0.5) is 5.95 Å². The number of rotatable bonds is 4. The van der Waals surface area contributed by atoms with Crippen molar-refractivity contribution in [2.45, 2.75) is 43.6 Å². The van der Waals surface area contributed by atoms with Crippen molar-refractivity contribution in [1.82, 2.24) is 14.8 Å². The smallest absolute Gasteiger partial charge is 0.227 e. The van der Waals surface area contributed by atoms with E-state index >= 15 is 0 Å². The van der Waals surface area contributed by atoms with Crippen LogP contribution in [0, 0.1) is 5.41 Å². The van der Waals surface area contributed by atoms with Gasteiger partial charge in [0.25, 0.3) is 0 Å². The molecule has 0 unspecified atom stereocenters.